The second-order valence-corrected chi connectivity index (χ2v) is 5.79. The van der Waals surface area contributed by atoms with Crippen molar-refractivity contribution in [3.8, 4) is 0 Å². The van der Waals surface area contributed by atoms with Crippen molar-refractivity contribution in [2.45, 2.75) is 26.3 Å². The van der Waals surface area contributed by atoms with Crippen molar-refractivity contribution in [2.75, 3.05) is 13.1 Å². The van der Waals surface area contributed by atoms with E-state index in [0.717, 1.165) is 25.1 Å². The Morgan fingerprint density at radius 3 is 2.90 bits per heavy atom. The van der Waals surface area contributed by atoms with Gasteiger partial charge in [0.25, 0.3) is 5.91 Å². The fourth-order valence-corrected chi connectivity index (χ4v) is 2.78. The number of rotatable bonds is 3. The van der Waals surface area contributed by atoms with Crippen LogP contribution in [0.5, 0.6) is 0 Å². The zero-order valence-corrected chi connectivity index (χ0v) is 12.3. The average Bonchev–Trinajstić information content (AvgIpc) is 2.96. The van der Waals surface area contributed by atoms with E-state index >= 15 is 0 Å². The summed E-state index contributed by atoms with van der Waals surface area (Å²) in [6.45, 7) is 4.47. The van der Waals surface area contributed by atoms with Gasteiger partial charge in [-0.2, -0.15) is 0 Å². The summed E-state index contributed by atoms with van der Waals surface area (Å²) in [5.41, 5.74) is 1.59. The lowest BCUT2D eigenvalue weighted by Crippen LogP contribution is -2.39. The maximum absolute atomic E-state index is 12.4. The van der Waals surface area contributed by atoms with Gasteiger partial charge in [0, 0.05) is 13.1 Å². The maximum atomic E-state index is 12.4. The zero-order valence-electron chi connectivity index (χ0n) is 12.3. The zero-order chi connectivity index (χ0) is 14.7. The fourth-order valence-electron chi connectivity index (χ4n) is 2.78. The van der Waals surface area contributed by atoms with Crippen LogP contribution in [0.15, 0.2) is 36.5 Å². The quantitative estimate of drug-likeness (QED) is 0.868. The highest BCUT2D eigenvalue weighted by molar-refractivity contribution is 5.92. The third-order valence-electron chi connectivity index (χ3n) is 3.89. The first-order chi connectivity index (χ1) is 10.2. The number of hydrogen-bond acceptors (Lipinski definition) is 3. The largest absolute Gasteiger partial charge is 0.337 e. The van der Waals surface area contributed by atoms with Crippen molar-refractivity contribution in [3.05, 3.63) is 47.8 Å². The molecule has 1 aliphatic heterocycles. The number of aromatic nitrogens is 3. The van der Waals surface area contributed by atoms with Crippen LogP contribution >= 0.6 is 0 Å². The summed E-state index contributed by atoms with van der Waals surface area (Å²) in [6, 6.07) is 10.0. The normalized spacial score (nSPS) is 18.7. The molecule has 1 amide bonds. The van der Waals surface area contributed by atoms with Crippen molar-refractivity contribution in [2.24, 2.45) is 5.92 Å². The molecule has 0 aliphatic carbocycles. The Morgan fingerprint density at radius 2 is 2.14 bits per heavy atom. The number of hydrogen-bond donors (Lipinski definition) is 0. The molecule has 2 aromatic rings. The first kappa shape index (κ1) is 13.8. The molecule has 110 valence electrons. The second-order valence-electron chi connectivity index (χ2n) is 5.79. The van der Waals surface area contributed by atoms with E-state index in [0.29, 0.717) is 18.2 Å². The van der Waals surface area contributed by atoms with E-state index < -0.39 is 0 Å². The lowest BCUT2D eigenvalue weighted by atomic mass is 10.0. The molecule has 0 radical (unpaired) electrons. The highest BCUT2D eigenvalue weighted by atomic mass is 16.2. The predicted molar refractivity (Wildman–Crippen MR) is 79.9 cm³/mol. The molecule has 1 aromatic heterocycles. The van der Waals surface area contributed by atoms with Crippen molar-refractivity contribution in [1.82, 2.24) is 19.9 Å². The van der Waals surface area contributed by atoms with E-state index in [-0.39, 0.29) is 5.91 Å². The van der Waals surface area contributed by atoms with Gasteiger partial charge in [-0.05, 0) is 24.3 Å². The van der Waals surface area contributed by atoms with Gasteiger partial charge >= 0.3 is 0 Å². The molecule has 1 aromatic carbocycles. The van der Waals surface area contributed by atoms with Gasteiger partial charge in [-0.1, -0.05) is 42.5 Å². The molecule has 0 bridgehead atoms. The van der Waals surface area contributed by atoms with Crippen LogP contribution < -0.4 is 0 Å². The lowest BCUT2D eigenvalue weighted by Gasteiger charge is -2.30. The fraction of sp³-hybridized carbons (Fsp3) is 0.438. The van der Waals surface area contributed by atoms with Crippen LogP contribution in [0.3, 0.4) is 0 Å². The molecule has 1 aliphatic rings. The van der Waals surface area contributed by atoms with Crippen LogP contribution in [0.4, 0.5) is 0 Å². The highest BCUT2D eigenvalue weighted by Gasteiger charge is 2.23. The van der Waals surface area contributed by atoms with Crippen LogP contribution in [0, 0.1) is 5.92 Å². The smallest absolute Gasteiger partial charge is 0.276 e. The van der Waals surface area contributed by atoms with Crippen LogP contribution in [-0.4, -0.2) is 38.9 Å². The van der Waals surface area contributed by atoms with E-state index in [1.165, 1.54) is 6.42 Å². The Kier molecular flexibility index (Phi) is 3.99. The SMILES string of the molecule is CC1CCCN(C(=O)c2cn(Cc3ccccc3)nn2)C1. The minimum Gasteiger partial charge on any atom is -0.337 e. The third kappa shape index (κ3) is 3.29. The van der Waals surface area contributed by atoms with Gasteiger partial charge in [0.05, 0.1) is 12.7 Å². The molecule has 21 heavy (non-hydrogen) atoms. The van der Waals surface area contributed by atoms with Gasteiger partial charge < -0.3 is 4.90 Å². The molecule has 5 nitrogen and oxygen atoms in total. The first-order valence-electron chi connectivity index (χ1n) is 7.45. The second kappa shape index (κ2) is 6.08. The minimum atomic E-state index is 0.000798. The number of carbonyl (C=O) groups excluding carboxylic acids is 1. The Labute approximate surface area is 124 Å². The molecule has 3 rings (SSSR count). The highest BCUT2D eigenvalue weighted by Crippen LogP contribution is 2.17. The minimum absolute atomic E-state index is 0.000798. The number of piperidine rings is 1. The maximum Gasteiger partial charge on any atom is 0.276 e. The summed E-state index contributed by atoms with van der Waals surface area (Å²) in [6.07, 6.45) is 4.02. The van der Waals surface area contributed by atoms with Crippen molar-refractivity contribution in [1.29, 1.82) is 0 Å². The van der Waals surface area contributed by atoms with Crippen LogP contribution in [-0.2, 0) is 6.54 Å². The number of benzene rings is 1. The van der Waals surface area contributed by atoms with Crippen molar-refractivity contribution < 1.29 is 4.79 Å². The molecular weight excluding hydrogens is 264 g/mol. The lowest BCUT2D eigenvalue weighted by molar-refractivity contribution is 0.0677. The molecule has 1 saturated heterocycles. The summed E-state index contributed by atoms with van der Waals surface area (Å²) in [7, 11) is 0. The topological polar surface area (TPSA) is 51.0 Å². The van der Waals surface area contributed by atoms with Gasteiger partial charge in [-0.15, -0.1) is 5.10 Å². The summed E-state index contributed by atoms with van der Waals surface area (Å²) >= 11 is 0. The summed E-state index contributed by atoms with van der Waals surface area (Å²) in [5, 5.41) is 8.10. The van der Waals surface area contributed by atoms with Crippen molar-refractivity contribution in [3.63, 3.8) is 0 Å². The molecule has 1 unspecified atom stereocenters. The number of likely N-dealkylation sites (tertiary alicyclic amines) is 1. The summed E-state index contributed by atoms with van der Waals surface area (Å²) in [4.78, 5) is 14.3. The average molecular weight is 284 g/mol. The Bertz CT molecular complexity index is 608. The Hall–Kier alpha value is -2.17. The summed E-state index contributed by atoms with van der Waals surface area (Å²) in [5.74, 6) is 0.572. The molecule has 0 saturated carbocycles. The van der Waals surface area contributed by atoms with Crippen LogP contribution in [0.2, 0.25) is 0 Å². The van der Waals surface area contributed by atoms with E-state index in [1.54, 1.807) is 10.9 Å². The van der Waals surface area contributed by atoms with Gasteiger partial charge in [0.15, 0.2) is 5.69 Å². The third-order valence-corrected chi connectivity index (χ3v) is 3.89. The standard InChI is InChI=1S/C16H20N4O/c1-13-6-5-9-19(10-13)16(21)15-12-20(18-17-15)11-14-7-3-2-4-8-14/h2-4,7-8,12-13H,5-6,9-11H2,1H3. The van der Waals surface area contributed by atoms with E-state index in [4.69, 9.17) is 0 Å². The Morgan fingerprint density at radius 1 is 1.33 bits per heavy atom. The van der Waals surface area contributed by atoms with Crippen LogP contribution in [0.1, 0.15) is 35.8 Å². The molecule has 1 fully saturated rings. The van der Waals surface area contributed by atoms with Gasteiger partial charge in [0.1, 0.15) is 0 Å². The van der Waals surface area contributed by atoms with Crippen molar-refractivity contribution >= 4 is 5.91 Å². The number of carbonyl (C=O) groups is 1. The molecule has 1 atom stereocenters. The predicted octanol–water partition coefficient (Wildman–Crippen LogP) is 2.20. The number of nitrogens with zero attached hydrogens (tertiary/aromatic N) is 4. The van der Waals surface area contributed by atoms with Gasteiger partial charge in [0.2, 0.25) is 0 Å². The monoisotopic (exact) mass is 284 g/mol. The van der Waals surface area contributed by atoms with E-state index in [2.05, 4.69) is 17.2 Å². The molecule has 2 heterocycles. The Balaban J connectivity index is 1.68. The molecule has 5 heteroatoms. The molecule has 0 N–H and O–H groups in total. The van der Waals surface area contributed by atoms with E-state index in [1.807, 2.05) is 35.2 Å². The first-order valence-corrected chi connectivity index (χ1v) is 7.45. The van der Waals surface area contributed by atoms with Gasteiger partial charge in [-0.25, -0.2) is 4.68 Å². The summed E-state index contributed by atoms with van der Waals surface area (Å²) < 4.78 is 1.72. The number of amides is 1. The van der Waals surface area contributed by atoms with Gasteiger partial charge in [-0.3, -0.25) is 4.79 Å². The van der Waals surface area contributed by atoms with E-state index in [9.17, 15) is 4.79 Å². The molecule has 0 spiro atoms. The van der Waals surface area contributed by atoms with Crippen LogP contribution in [0.25, 0.3) is 0 Å². The molecular formula is C16H20N4O.